The third-order valence-corrected chi connectivity index (χ3v) is 7.54. The third-order valence-electron chi connectivity index (χ3n) is 7.54. The number of benzene rings is 2. The van der Waals surface area contributed by atoms with Crippen molar-refractivity contribution in [2.45, 2.75) is 63.1 Å². The van der Waals surface area contributed by atoms with Crippen LogP contribution in [0.5, 0.6) is 5.75 Å². The van der Waals surface area contributed by atoms with Gasteiger partial charge in [0.15, 0.2) is 29.3 Å². The minimum Gasteiger partial charge on any atom is -0.507 e. The Morgan fingerprint density at radius 1 is 0.955 bits per heavy atom. The van der Waals surface area contributed by atoms with Gasteiger partial charge in [0.05, 0.1) is 29.7 Å². The molecule has 7 atom stereocenters. The van der Waals surface area contributed by atoms with E-state index in [9.17, 15) is 51.3 Å². The highest BCUT2D eigenvalue weighted by Crippen LogP contribution is 2.26. The van der Waals surface area contributed by atoms with Crippen LogP contribution in [0, 0.1) is 35.0 Å². The number of esters is 1. The van der Waals surface area contributed by atoms with E-state index in [0.717, 1.165) is 6.92 Å². The number of aliphatic hydroxyl groups is 1. The van der Waals surface area contributed by atoms with Gasteiger partial charge in [0.2, 0.25) is 17.6 Å². The van der Waals surface area contributed by atoms with Gasteiger partial charge in [-0.1, -0.05) is 19.1 Å². The number of aliphatic hydroxyl groups excluding tert-OH is 1. The minimum absolute atomic E-state index is 0.254. The highest BCUT2D eigenvalue weighted by Gasteiger charge is 2.43. The molecule has 2 aliphatic rings. The van der Waals surface area contributed by atoms with Crippen LogP contribution >= 0.6 is 0 Å². The number of nitrogens with one attached hydrogen (secondary N) is 3. The molecule has 2 fully saturated rings. The van der Waals surface area contributed by atoms with E-state index >= 15 is 0 Å². The van der Waals surface area contributed by atoms with Gasteiger partial charge in [-0.05, 0) is 25.5 Å². The molecule has 2 heterocycles. The van der Waals surface area contributed by atoms with Crippen LogP contribution in [-0.2, 0) is 30.3 Å². The maximum Gasteiger partial charge on any atom is 0.331 e. The number of phenols is 1. The number of hydrogen-bond acceptors (Lipinski definition) is 8. The zero-order valence-corrected chi connectivity index (χ0v) is 23.2. The fourth-order valence-corrected chi connectivity index (χ4v) is 4.79. The molecule has 0 bridgehead atoms. The number of aromatic hydroxyl groups is 1. The molecule has 4 rings (SSSR count). The summed E-state index contributed by atoms with van der Waals surface area (Å²) in [5, 5.41) is 28.0. The van der Waals surface area contributed by atoms with Crippen LogP contribution in [-0.4, -0.2) is 76.9 Å². The maximum atomic E-state index is 14.6. The Kier molecular flexibility index (Phi) is 9.73. The van der Waals surface area contributed by atoms with Gasteiger partial charge in [0.25, 0.3) is 5.91 Å². The average molecular weight is 630 g/mol. The summed E-state index contributed by atoms with van der Waals surface area (Å²) in [6, 6.07) is 0.103. The first-order valence-corrected chi connectivity index (χ1v) is 13.4. The lowest BCUT2D eigenvalue weighted by atomic mass is 9.90. The summed E-state index contributed by atoms with van der Waals surface area (Å²) < 4.78 is 81.6. The number of para-hydroxylation sites is 1. The molecule has 2 unspecified atom stereocenters. The summed E-state index contributed by atoms with van der Waals surface area (Å²) in [5.41, 5.74) is -1.68. The Labute approximate surface area is 246 Å². The van der Waals surface area contributed by atoms with Gasteiger partial charge in [0, 0.05) is 18.6 Å². The van der Waals surface area contributed by atoms with E-state index in [1.165, 1.54) is 31.2 Å². The van der Waals surface area contributed by atoms with E-state index in [1.807, 2.05) is 0 Å². The van der Waals surface area contributed by atoms with Crippen molar-refractivity contribution in [3.63, 3.8) is 0 Å². The van der Waals surface area contributed by atoms with Crippen molar-refractivity contribution in [2.75, 3.05) is 6.61 Å². The highest BCUT2D eigenvalue weighted by molar-refractivity contribution is 6.00. The maximum absolute atomic E-state index is 14.6. The predicted molar refractivity (Wildman–Crippen MR) is 138 cm³/mol. The molecule has 0 aromatic heterocycles. The molecule has 238 valence electrons. The standard InChI is InChI=1S/C28H28F5N3O8/c1-10-24(38)14(9-13-17(29)19(31)21(33)20(32)18(13)30)34-27(41)22(35-26(40)12-5-3-4-6-15(12)37)11(2)44-28(42)23(36-25(10)39)16-7-8-43-16/h3-6,10-11,14,16,22-24,37-38H,7-9H2,1-2H3,(H,34,41)(H,35,40)(H,36,39)/t10-,11-,14+,16?,22+,23?,24+/m1/s1. The lowest BCUT2D eigenvalue weighted by Crippen LogP contribution is -2.62. The summed E-state index contributed by atoms with van der Waals surface area (Å²) in [6.45, 7) is 2.58. The molecule has 44 heavy (non-hydrogen) atoms. The predicted octanol–water partition coefficient (Wildman–Crippen LogP) is 1.13. The molecule has 2 aliphatic heterocycles. The fourth-order valence-electron chi connectivity index (χ4n) is 4.79. The van der Waals surface area contributed by atoms with Gasteiger partial charge in [-0.15, -0.1) is 0 Å². The van der Waals surface area contributed by atoms with Crippen molar-refractivity contribution < 1.29 is 60.8 Å². The van der Waals surface area contributed by atoms with Gasteiger partial charge in [-0.25, -0.2) is 26.7 Å². The molecule has 0 aliphatic carbocycles. The number of ether oxygens (including phenoxy) is 2. The molecule has 2 saturated heterocycles. The van der Waals surface area contributed by atoms with Crippen molar-refractivity contribution in [2.24, 2.45) is 5.92 Å². The van der Waals surface area contributed by atoms with E-state index in [0.29, 0.717) is 6.42 Å². The van der Waals surface area contributed by atoms with Crippen LogP contribution in [0.25, 0.3) is 0 Å². The van der Waals surface area contributed by atoms with Crippen molar-refractivity contribution in [1.29, 1.82) is 0 Å². The normalized spacial score (nSPS) is 28.0. The average Bonchev–Trinajstić information content (AvgIpc) is 2.96. The van der Waals surface area contributed by atoms with E-state index < -0.39 is 113 Å². The molecule has 16 heteroatoms. The van der Waals surface area contributed by atoms with Gasteiger partial charge >= 0.3 is 5.97 Å². The molecule has 11 nitrogen and oxygen atoms in total. The van der Waals surface area contributed by atoms with Crippen LogP contribution in [0.4, 0.5) is 22.0 Å². The second-order valence-corrected chi connectivity index (χ2v) is 10.4. The minimum atomic E-state index is -2.42. The molecule has 2 aromatic rings. The molecule has 5 N–H and O–H groups in total. The molecule has 2 aromatic carbocycles. The SMILES string of the molecule is C[C@H]1OC(=O)C(C2CCO2)NC(=O)[C@H](C)[C@H](O)[C@H](Cc2c(F)c(F)c(F)c(F)c2F)NC(=O)[C@H]1NC(=O)c1ccccc1O. The number of halogens is 5. The number of amides is 3. The summed E-state index contributed by atoms with van der Waals surface area (Å²) in [6.07, 6.45) is -5.27. The monoisotopic (exact) mass is 629 g/mol. The lowest BCUT2D eigenvalue weighted by Gasteiger charge is -2.37. The first-order valence-electron chi connectivity index (χ1n) is 13.4. The molecular weight excluding hydrogens is 601 g/mol. The van der Waals surface area contributed by atoms with Crippen molar-refractivity contribution in [3.8, 4) is 5.75 Å². The van der Waals surface area contributed by atoms with Crippen LogP contribution in [0.15, 0.2) is 24.3 Å². The molecule has 0 saturated carbocycles. The first-order chi connectivity index (χ1) is 20.7. The smallest absolute Gasteiger partial charge is 0.331 e. The first kappa shape index (κ1) is 32.6. The Bertz CT molecular complexity index is 1440. The second kappa shape index (κ2) is 13.1. The van der Waals surface area contributed by atoms with Crippen molar-refractivity contribution >= 4 is 23.7 Å². The summed E-state index contributed by atoms with van der Waals surface area (Å²) >= 11 is 0. The van der Waals surface area contributed by atoms with E-state index in [1.54, 1.807) is 0 Å². The summed E-state index contributed by atoms with van der Waals surface area (Å²) in [5.74, 6) is -17.7. The Morgan fingerprint density at radius 3 is 2.11 bits per heavy atom. The molecule has 0 radical (unpaired) electrons. The zero-order chi connectivity index (χ0) is 32.5. The van der Waals surface area contributed by atoms with Gasteiger partial charge < -0.3 is 35.6 Å². The topological polar surface area (TPSA) is 163 Å². The number of rotatable bonds is 5. The fraction of sp³-hybridized carbons (Fsp3) is 0.429. The number of hydrogen-bond donors (Lipinski definition) is 5. The Hall–Kier alpha value is -4.31. The largest absolute Gasteiger partial charge is 0.507 e. The lowest BCUT2D eigenvalue weighted by molar-refractivity contribution is -0.166. The number of cyclic esters (lactones) is 1. The Morgan fingerprint density at radius 2 is 1.55 bits per heavy atom. The molecular formula is C28H28F5N3O8. The summed E-state index contributed by atoms with van der Waals surface area (Å²) in [4.78, 5) is 52.7. The van der Waals surface area contributed by atoms with Gasteiger partial charge in [-0.2, -0.15) is 0 Å². The van der Waals surface area contributed by atoms with Gasteiger partial charge in [0.1, 0.15) is 17.9 Å². The number of carbonyl (C=O) groups excluding carboxylic acids is 4. The Balaban J connectivity index is 1.75. The van der Waals surface area contributed by atoms with Crippen LogP contribution < -0.4 is 16.0 Å². The van der Waals surface area contributed by atoms with E-state index in [4.69, 9.17) is 9.47 Å². The second-order valence-electron chi connectivity index (χ2n) is 10.4. The number of phenolic OH excluding ortho intramolecular Hbond substituents is 1. The summed E-state index contributed by atoms with van der Waals surface area (Å²) in [7, 11) is 0. The van der Waals surface area contributed by atoms with Crippen LogP contribution in [0.1, 0.15) is 36.2 Å². The van der Waals surface area contributed by atoms with Crippen LogP contribution in [0.3, 0.4) is 0 Å². The van der Waals surface area contributed by atoms with Crippen molar-refractivity contribution in [1.82, 2.24) is 16.0 Å². The van der Waals surface area contributed by atoms with Gasteiger partial charge in [-0.3, -0.25) is 14.4 Å². The molecule has 0 spiro atoms. The van der Waals surface area contributed by atoms with E-state index in [2.05, 4.69) is 16.0 Å². The van der Waals surface area contributed by atoms with E-state index in [-0.39, 0.29) is 12.2 Å². The molecule has 3 amide bonds. The third kappa shape index (κ3) is 6.45. The zero-order valence-electron chi connectivity index (χ0n) is 23.2. The quantitative estimate of drug-likeness (QED) is 0.142. The highest BCUT2D eigenvalue weighted by atomic mass is 19.2. The van der Waals surface area contributed by atoms with Crippen molar-refractivity contribution in [3.05, 3.63) is 64.5 Å². The number of carbonyl (C=O) groups is 4. The van der Waals surface area contributed by atoms with Crippen LogP contribution in [0.2, 0.25) is 0 Å².